The largest absolute Gasteiger partial charge is 1.00 e. The molecule has 3 aromatic carbocycles. The molecule has 10 heteroatoms. The van der Waals surface area contributed by atoms with Gasteiger partial charge in [0.1, 0.15) is 11.9 Å². The number of sulfone groups is 1. The van der Waals surface area contributed by atoms with Crippen molar-refractivity contribution in [2.45, 2.75) is 35.3 Å². The number of hydrogen-bond acceptors (Lipinski definition) is 7. The fraction of sp³-hybridized carbons (Fsp3) is 0.240. The molecule has 0 aliphatic heterocycles. The van der Waals surface area contributed by atoms with Gasteiger partial charge < -0.3 is 25.1 Å². The number of ether oxygens (including phenoxy) is 1. The zero-order chi connectivity index (χ0) is 24.7. The molecule has 3 rings (SSSR count). The number of nitrogens with one attached hydrogen (secondary N) is 1. The van der Waals surface area contributed by atoms with Crippen molar-refractivity contribution in [1.29, 1.82) is 0 Å². The Bertz CT molecular complexity index is 1220. The minimum absolute atomic E-state index is 0. The fourth-order valence-corrected chi connectivity index (χ4v) is 4.68. The Morgan fingerprint density at radius 3 is 2.23 bits per heavy atom. The second kappa shape index (κ2) is 13.4. The van der Waals surface area contributed by atoms with Gasteiger partial charge in [0.15, 0.2) is 0 Å². The van der Waals surface area contributed by atoms with Crippen molar-refractivity contribution in [2.75, 3.05) is 13.1 Å². The molecular weight excluding hydrogens is 501 g/mol. The average molecular weight is 526 g/mol. The Labute approximate surface area is 232 Å². The Morgan fingerprint density at radius 2 is 1.66 bits per heavy atom. The first-order chi connectivity index (χ1) is 16.2. The maximum atomic E-state index is 12.9. The molecule has 0 saturated heterocycles. The van der Waals surface area contributed by atoms with Crippen LogP contribution in [0.2, 0.25) is 5.02 Å². The molecule has 0 unspecified atom stereocenters. The summed E-state index contributed by atoms with van der Waals surface area (Å²) in [5.74, 6) is -1.12. The predicted octanol–water partition coefficient (Wildman–Crippen LogP) is -0.440. The van der Waals surface area contributed by atoms with Crippen molar-refractivity contribution >= 4 is 27.4 Å². The van der Waals surface area contributed by atoms with E-state index in [1.54, 1.807) is 42.5 Å². The van der Waals surface area contributed by atoms with Gasteiger partial charge in [0.25, 0.3) is 0 Å². The molecule has 0 aliphatic carbocycles. The molecule has 0 aliphatic rings. The van der Waals surface area contributed by atoms with E-state index in [1.165, 1.54) is 31.2 Å². The van der Waals surface area contributed by atoms with E-state index < -0.39 is 28.0 Å². The van der Waals surface area contributed by atoms with Crippen LogP contribution in [0.25, 0.3) is 0 Å². The van der Waals surface area contributed by atoms with Crippen LogP contribution in [0.4, 0.5) is 0 Å². The van der Waals surface area contributed by atoms with Crippen molar-refractivity contribution < 1.29 is 57.7 Å². The van der Waals surface area contributed by atoms with Crippen LogP contribution in [0.1, 0.15) is 24.2 Å². The monoisotopic (exact) mass is 525 g/mol. The minimum atomic E-state index is -3.73. The van der Waals surface area contributed by atoms with E-state index in [-0.39, 0.29) is 45.1 Å². The minimum Gasteiger partial charge on any atom is -0.546 e. The quantitative estimate of drug-likeness (QED) is 0.257. The number of carboxylic acid groups (broad SMARTS) is 1. The van der Waals surface area contributed by atoms with Crippen molar-refractivity contribution in [3.63, 3.8) is 0 Å². The number of aliphatic hydroxyl groups is 1. The van der Waals surface area contributed by atoms with Gasteiger partial charge in [0.05, 0.1) is 21.9 Å². The topological polar surface area (TPSA) is 116 Å². The molecule has 0 amide bonds. The van der Waals surface area contributed by atoms with Crippen LogP contribution in [0.15, 0.2) is 82.6 Å². The third-order valence-electron chi connectivity index (χ3n) is 5.17. The number of benzene rings is 3. The van der Waals surface area contributed by atoms with Crippen molar-refractivity contribution in [3.8, 4) is 5.75 Å². The number of halogens is 1. The number of aliphatic carboxylic acids is 1. The molecule has 0 heterocycles. The van der Waals surface area contributed by atoms with Crippen LogP contribution in [0.3, 0.4) is 0 Å². The van der Waals surface area contributed by atoms with Gasteiger partial charge in [-0.2, -0.15) is 0 Å². The first-order valence-electron chi connectivity index (χ1n) is 10.6. The number of rotatable bonds is 11. The first kappa shape index (κ1) is 29.3. The average Bonchev–Trinajstić information content (AvgIpc) is 2.82. The van der Waals surface area contributed by atoms with Crippen molar-refractivity contribution in [2.24, 2.45) is 0 Å². The number of carbonyl (C=O) groups excluding carboxylic acids is 1. The Hall–Kier alpha value is -1.91. The number of aliphatic hydroxyl groups excluding tert-OH is 1. The summed E-state index contributed by atoms with van der Waals surface area (Å²) in [6.07, 6.45) is -1.16. The van der Waals surface area contributed by atoms with Crippen molar-refractivity contribution in [3.05, 3.63) is 88.9 Å². The molecule has 0 bridgehead atoms. The van der Waals surface area contributed by atoms with E-state index in [0.29, 0.717) is 24.5 Å². The van der Waals surface area contributed by atoms with Gasteiger partial charge in [0.2, 0.25) is 9.84 Å². The van der Waals surface area contributed by atoms with Crippen molar-refractivity contribution in [1.82, 2.24) is 5.32 Å². The summed E-state index contributed by atoms with van der Waals surface area (Å²) in [5, 5.41) is 24.8. The summed E-state index contributed by atoms with van der Waals surface area (Å²) in [6, 6.07) is 19.2. The molecule has 35 heavy (non-hydrogen) atoms. The van der Waals surface area contributed by atoms with Crippen LogP contribution in [-0.2, 0) is 21.1 Å². The third-order valence-corrected chi connectivity index (χ3v) is 7.19. The molecule has 2 N–H and O–H groups in total. The molecule has 0 saturated carbocycles. The van der Waals surface area contributed by atoms with Crippen LogP contribution < -0.4 is 44.7 Å². The molecule has 0 spiro atoms. The SMILES string of the molecule is C[C@@H](Oc1ccc(S(=O)(=O)c2ccc(CCNC[C@H](O)c3cccc(Cl)c3)cc2)cc1)C(=O)[O-].[Na+]. The molecule has 0 fully saturated rings. The summed E-state index contributed by atoms with van der Waals surface area (Å²) < 4.78 is 30.9. The van der Waals surface area contributed by atoms with Gasteiger partial charge in [0, 0.05) is 11.6 Å². The Morgan fingerprint density at radius 1 is 1.06 bits per heavy atom. The molecule has 3 aromatic rings. The zero-order valence-corrected chi connectivity index (χ0v) is 23.1. The molecule has 7 nitrogen and oxygen atoms in total. The molecule has 0 aromatic heterocycles. The molecule has 180 valence electrons. The molecule has 0 radical (unpaired) electrons. The van der Waals surface area contributed by atoms with Gasteiger partial charge in [-0.15, -0.1) is 0 Å². The van der Waals surface area contributed by atoms with Gasteiger partial charge in [-0.05, 0) is 79.5 Å². The van der Waals surface area contributed by atoms with E-state index in [0.717, 1.165) is 11.1 Å². The zero-order valence-electron chi connectivity index (χ0n) is 19.5. The van der Waals surface area contributed by atoms with Gasteiger partial charge >= 0.3 is 29.6 Å². The predicted molar refractivity (Wildman–Crippen MR) is 126 cm³/mol. The first-order valence-corrected chi connectivity index (χ1v) is 12.5. The van der Waals surface area contributed by atoms with E-state index in [1.807, 2.05) is 6.07 Å². The summed E-state index contributed by atoms with van der Waals surface area (Å²) >= 11 is 5.95. The van der Waals surface area contributed by atoms with E-state index in [4.69, 9.17) is 16.3 Å². The smallest absolute Gasteiger partial charge is 0.546 e. The van der Waals surface area contributed by atoms with Gasteiger partial charge in [-0.25, -0.2) is 8.42 Å². The standard InChI is InChI=1S/C25H26ClNO6S.Na/c1-17(25(29)30)33-21-7-11-23(12-8-21)34(31,32)22-9-5-18(6-10-22)13-14-27-16-24(28)19-3-2-4-20(26)15-19;/h2-12,15,17,24,27-28H,13-14,16H2,1H3,(H,29,30);/q;+1/p-1/t17-,24+;/m1./s1. The van der Waals surface area contributed by atoms with E-state index in [9.17, 15) is 23.4 Å². The summed E-state index contributed by atoms with van der Waals surface area (Å²) in [6.45, 7) is 2.31. The third kappa shape index (κ3) is 8.32. The Balaban J connectivity index is 0.00000432. The number of hydrogen-bond donors (Lipinski definition) is 2. The normalized spacial score (nSPS) is 12.9. The van der Waals surface area contributed by atoms with Crippen LogP contribution in [0, 0.1) is 0 Å². The van der Waals surface area contributed by atoms with Crippen LogP contribution >= 0.6 is 11.6 Å². The second-order valence-corrected chi connectivity index (χ2v) is 10.1. The maximum Gasteiger partial charge on any atom is 1.00 e. The van der Waals surface area contributed by atoms with Gasteiger partial charge in [-0.3, -0.25) is 0 Å². The molecule has 2 atom stereocenters. The Kier molecular flexibility index (Phi) is 11.2. The summed E-state index contributed by atoms with van der Waals surface area (Å²) in [5.41, 5.74) is 1.69. The van der Waals surface area contributed by atoms with Crippen LogP contribution in [0.5, 0.6) is 5.75 Å². The van der Waals surface area contributed by atoms with E-state index in [2.05, 4.69) is 5.32 Å². The summed E-state index contributed by atoms with van der Waals surface area (Å²) in [4.78, 5) is 11.0. The number of carbonyl (C=O) groups is 1. The summed E-state index contributed by atoms with van der Waals surface area (Å²) in [7, 11) is -3.73. The number of carboxylic acids is 1. The molecular formula is C25H25ClNNaO6S. The van der Waals surface area contributed by atoms with Gasteiger partial charge in [-0.1, -0.05) is 35.9 Å². The fourth-order valence-electron chi connectivity index (χ4n) is 3.22. The second-order valence-electron chi connectivity index (χ2n) is 7.72. The van der Waals surface area contributed by atoms with E-state index >= 15 is 0 Å². The van der Waals surface area contributed by atoms with Crippen LogP contribution in [-0.4, -0.2) is 38.7 Å². The maximum absolute atomic E-state index is 12.9.